The third-order valence-corrected chi connectivity index (χ3v) is 4.24. The summed E-state index contributed by atoms with van der Waals surface area (Å²) in [5.41, 5.74) is 1.36. The number of benzene rings is 1. The van der Waals surface area contributed by atoms with Crippen LogP contribution in [0.25, 0.3) is 0 Å². The van der Waals surface area contributed by atoms with E-state index >= 15 is 0 Å². The molecule has 0 saturated carbocycles. The minimum absolute atomic E-state index is 0.656. The van der Waals surface area contributed by atoms with Gasteiger partial charge in [0.05, 0.1) is 13.7 Å². The lowest BCUT2D eigenvalue weighted by Gasteiger charge is -2.26. The molecule has 0 aliphatic heterocycles. The molecule has 0 fully saturated rings. The van der Waals surface area contributed by atoms with Crippen molar-refractivity contribution in [3.8, 4) is 5.75 Å². The standard InChI is InChI=1S/C18H31NO2/c1-5-16(6-2)17(14-19-10-11-20-3)12-15-8-7-9-18(13-15)21-4/h7-9,13,16-17,19H,5-6,10-12,14H2,1-4H3. The summed E-state index contributed by atoms with van der Waals surface area (Å²) in [7, 11) is 3.47. The molecule has 0 heterocycles. The summed E-state index contributed by atoms with van der Waals surface area (Å²) >= 11 is 0. The molecule has 1 unspecified atom stereocenters. The maximum absolute atomic E-state index is 5.33. The van der Waals surface area contributed by atoms with Crippen LogP contribution in [0.5, 0.6) is 5.75 Å². The predicted molar refractivity (Wildman–Crippen MR) is 89.0 cm³/mol. The summed E-state index contributed by atoms with van der Waals surface area (Å²) < 4.78 is 10.4. The van der Waals surface area contributed by atoms with Gasteiger partial charge >= 0.3 is 0 Å². The maximum atomic E-state index is 5.33. The molecule has 21 heavy (non-hydrogen) atoms. The molecule has 1 aromatic rings. The fourth-order valence-corrected chi connectivity index (χ4v) is 2.92. The van der Waals surface area contributed by atoms with Gasteiger partial charge < -0.3 is 14.8 Å². The van der Waals surface area contributed by atoms with Crippen molar-refractivity contribution in [3.05, 3.63) is 29.8 Å². The Balaban J connectivity index is 2.65. The fourth-order valence-electron chi connectivity index (χ4n) is 2.92. The molecular weight excluding hydrogens is 262 g/mol. The Labute approximate surface area is 130 Å². The van der Waals surface area contributed by atoms with E-state index in [9.17, 15) is 0 Å². The van der Waals surface area contributed by atoms with Crippen molar-refractivity contribution in [1.82, 2.24) is 5.32 Å². The topological polar surface area (TPSA) is 30.5 Å². The zero-order chi connectivity index (χ0) is 15.5. The molecule has 0 spiro atoms. The van der Waals surface area contributed by atoms with Crippen LogP contribution in [0, 0.1) is 11.8 Å². The van der Waals surface area contributed by atoms with E-state index in [1.807, 2.05) is 6.07 Å². The van der Waals surface area contributed by atoms with Crippen LogP contribution < -0.4 is 10.1 Å². The lowest BCUT2D eigenvalue weighted by Crippen LogP contribution is -2.31. The van der Waals surface area contributed by atoms with Crippen molar-refractivity contribution in [2.24, 2.45) is 11.8 Å². The molecule has 0 aromatic heterocycles. The van der Waals surface area contributed by atoms with Crippen LogP contribution in [-0.2, 0) is 11.2 Å². The van der Waals surface area contributed by atoms with E-state index in [2.05, 4.69) is 37.4 Å². The molecule has 120 valence electrons. The summed E-state index contributed by atoms with van der Waals surface area (Å²) in [5, 5.41) is 3.53. The van der Waals surface area contributed by atoms with Crippen molar-refractivity contribution >= 4 is 0 Å². The molecule has 1 rings (SSSR count). The molecule has 0 amide bonds. The quantitative estimate of drug-likeness (QED) is 0.633. The molecule has 0 saturated heterocycles. The SMILES string of the molecule is CCC(CC)C(CNCCOC)Cc1cccc(OC)c1. The highest BCUT2D eigenvalue weighted by molar-refractivity contribution is 5.28. The second kappa shape index (κ2) is 10.6. The summed E-state index contributed by atoms with van der Waals surface area (Å²) in [6.07, 6.45) is 3.57. The molecular formula is C18H31NO2. The number of nitrogens with one attached hydrogen (secondary N) is 1. The Morgan fingerprint density at radius 3 is 2.48 bits per heavy atom. The van der Waals surface area contributed by atoms with E-state index in [0.29, 0.717) is 5.92 Å². The molecule has 1 atom stereocenters. The molecule has 0 bridgehead atoms. The number of methoxy groups -OCH3 is 2. The maximum Gasteiger partial charge on any atom is 0.119 e. The average molecular weight is 293 g/mol. The largest absolute Gasteiger partial charge is 0.497 e. The molecule has 0 aliphatic carbocycles. The fraction of sp³-hybridized carbons (Fsp3) is 0.667. The third-order valence-electron chi connectivity index (χ3n) is 4.24. The van der Waals surface area contributed by atoms with Gasteiger partial charge in [-0.2, -0.15) is 0 Å². The lowest BCUT2D eigenvalue weighted by molar-refractivity contribution is 0.194. The highest BCUT2D eigenvalue weighted by atomic mass is 16.5. The Bertz CT molecular complexity index is 377. The summed E-state index contributed by atoms with van der Waals surface area (Å²) in [4.78, 5) is 0. The summed E-state index contributed by atoms with van der Waals surface area (Å²) in [5.74, 6) is 2.36. The van der Waals surface area contributed by atoms with Crippen LogP contribution in [-0.4, -0.2) is 33.9 Å². The first-order valence-electron chi connectivity index (χ1n) is 8.07. The monoisotopic (exact) mass is 293 g/mol. The Kier molecular flexibility index (Phi) is 9.11. The van der Waals surface area contributed by atoms with Crippen molar-refractivity contribution < 1.29 is 9.47 Å². The van der Waals surface area contributed by atoms with Crippen molar-refractivity contribution in [2.45, 2.75) is 33.1 Å². The average Bonchev–Trinajstić information content (AvgIpc) is 2.52. The minimum Gasteiger partial charge on any atom is -0.497 e. The van der Waals surface area contributed by atoms with Gasteiger partial charge in [0.2, 0.25) is 0 Å². The molecule has 3 heteroatoms. The first-order chi connectivity index (χ1) is 10.2. The first kappa shape index (κ1) is 18.0. The van der Waals surface area contributed by atoms with Crippen LogP contribution in [0.3, 0.4) is 0 Å². The van der Waals surface area contributed by atoms with E-state index < -0.39 is 0 Å². The molecule has 1 aromatic carbocycles. The molecule has 0 aliphatic rings. The van der Waals surface area contributed by atoms with Gasteiger partial charge in [0, 0.05) is 13.7 Å². The second-order valence-corrected chi connectivity index (χ2v) is 5.59. The second-order valence-electron chi connectivity index (χ2n) is 5.59. The highest BCUT2D eigenvalue weighted by Crippen LogP contribution is 2.24. The van der Waals surface area contributed by atoms with Gasteiger partial charge in [-0.1, -0.05) is 38.8 Å². The lowest BCUT2D eigenvalue weighted by atomic mass is 9.83. The van der Waals surface area contributed by atoms with Crippen molar-refractivity contribution in [3.63, 3.8) is 0 Å². The zero-order valence-electron chi connectivity index (χ0n) is 14.0. The first-order valence-corrected chi connectivity index (χ1v) is 8.07. The Hall–Kier alpha value is -1.06. The van der Waals surface area contributed by atoms with Gasteiger partial charge in [-0.15, -0.1) is 0 Å². The van der Waals surface area contributed by atoms with Gasteiger partial charge in [0.15, 0.2) is 0 Å². The van der Waals surface area contributed by atoms with Gasteiger partial charge in [0.1, 0.15) is 5.75 Å². The van der Waals surface area contributed by atoms with Gasteiger partial charge in [-0.3, -0.25) is 0 Å². The number of hydrogen-bond acceptors (Lipinski definition) is 3. The highest BCUT2D eigenvalue weighted by Gasteiger charge is 2.18. The van der Waals surface area contributed by atoms with Crippen LogP contribution in [0.2, 0.25) is 0 Å². The Morgan fingerprint density at radius 2 is 1.86 bits per heavy atom. The van der Waals surface area contributed by atoms with E-state index in [0.717, 1.165) is 37.8 Å². The molecule has 0 radical (unpaired) electrons. The van der Waals surface area contributed by atoms with Crippen molar-refractivity contribution in [2.75, 3.05) is 33.9 Å². The summed E-state index contributed by atoms with van der Waals surface area (Å²) in [6, 6.07) is 8.44. The van der Waals surface area contributed by atoms with Crippen LogP contribution in [0.1, 0.15) is 32.3 Å². The predicted octanol–water partition coefficient (Wildman–Crippen LogP) is 3.53. The number of hydrogen-bond donors (Lipinski definition) is 1. The van der Waals surface area contributed by atoms with Crippen LogP contribution in [0.15, 0.2) is 24.3 Å². The molecule has 3 nitrogen and oxygen atoms in total. The van der Waals surface area contributed by atoms with Crippen LogP contribution >= 0.6 is 0 Å². The van der Waals surface area contributed by atoms with Gasteiger partial charge in [-0.05, 0) is 42.5 Å². The van der Waals surface area contributed by atoms with Gasteiger partial charge in [-0.25, -0.2) is 0 Å². The normalized spacial score (nSPS) is 12.6. The van der Waals surface area contributed by atoms with Crippen LogP contribution in [0.4, 0.5) is 0 Å². The van der Waals surface area contributed by atoms with E-state index in [-0.39, 0.29) is 0 Å². The van der Waals surface area contributed by atoms with E-state index in [1.165, 1.54) is 18.4 Å². The number of ether oxygens (including phenoxy) is 2. The molecule has 1 N–H and O–H groups in total. The Morgan fingerprint density at radius 1 is 1.10 bits per heavy atom. The minimum atomic E-state index is 0.656. The third kappa shape index (κ3) is 6.49. The van der Waals surface area contributed by atoms with Crippen molar-refractivity contribution in [1.29, 1.82) is 0 Å². The zero-order valence-corrected chi connectivity index (χ0v) is 14.0. The number of rotatable bonds is 11. The van der Waals surface area contributed by atoms with E-state index in [1.54, 1.807) is 14.2 Å². The summed E-state index contributed by atoms with van der Waals surface area (Å²) in [6.45, 7) is 7.33. The smallest absolute Gasteiger partial charge is 0.119 e. The van der Waals surface area contributed by atoms with Gasteiger partial charge in [0.25, 0.3) is 0 Å². The van der Waals surface area contributed by atoms with E-state index in [4.69, 9.17) is 9.47 Å².